The molecule has 4 heterocycles. The fraction of sp³-hybridized carbons (Fsp3) is 0. The van der Waals surface area contributed by atoms with E-state index < -0.39 is 0 Å². The monoisotopic (exact) mass is 702 g/mol. The Labute approximate surface area is 315 Å². The Hall–Kier alpha value is -7.50. The van der Waals surface area contributed by atoms with Crippen LogP contribution in [0.2, 0.25) is 0 Å². The summed E-state index contributed by atoms with van der Waals surface area (Å²) in [6.07, 6.45) is 0. The highest BCUT2D eigenvalue weighted by atomic mass is 16.3. The average molecular weight is 703 g/mol. The first-order valence-corrected chi connectivity index (χ1v) is 18.6. The summed E-state index contributed by atoms with van der Waals surface area (Å²) in [4.78, 5) is 10.3. The number of para-hydroxylation sites is 5. The van der Waals surface area contributed by atoms with Gasteiger partial charge in [-0.15, -0.1) is 0 Å². The standard InChI is InChI=1S/C50H30N4O/c1-3-13-31(14-4-1)48-49(52-41-20-10-9-19-40(41)51-48)32-23-25-34(26-24-32)54-43-28-27-37-36-18-8-12-22-46(36)55-50(37)47(43)39-29-38-35-17-7-11-21-42(35)53(44(38)30-45(39)54)33-15-5-2-6-16-33/h1-30H. The number of hydrogen-bond acceptors (Lipinski definition) is 3. The van der Waals surface area contributed by atoms with E-state index in [1.54, 1.807) is 0 Å². The van der Waals surface area contributed by atoms with E-state index in [1.165, 1.54) is 16.3 Å². The summed E-state index contributed by atoms with van der Waals surface area (Å²) in [6.45, 7) is 0. The van der Waals surface area contributed by atoms with Crippen LogP contribution in [0.4, 0.5) is 0 Å². The summed E-state index contributed by atoms with van der Waals surface area (Å²) in [5.74, 6) is 0. The highest BCUT2D eigenvalue weighted by molar-refractivity contribution is 6.26. The second-order valence-electron chi connectivity index (χ2n) is 14.2. The molecule has 0 radical (unpaired) electrons. The summed E-state index contributed by atoms with van der Waals surface area (Å²) in [7, 11) is 0. The summed E-state index contributed by atoms with van der Waals surface area (Å²) in [5, 5.41) is 6.93. The third-order valence-corrected chi connectivity index (χ3v) is 11.1. The minimum absolute atomic E-state index is 0.858. The molecule has 12 rings (SSSR count). The van der Waals surface area contributed by atoms with Crippen molar-refractivity contribution in [2.45, 2.75) is 0 Å². The lowest BCUT2D eigenvalue weighted by Crippen LogP contribution is -1.97. The molecule has 0 amide bonds. The van der Waals surface area contributed by atoms with Crippen molar-refractivity contribution >= 4 is 76.6 Å². The fourth-order valence-corrected chi connectivity index (χ4v) is 8.64. The van der Waals surface area contributed by atoms with Crippen LogP contribution in [-0.2, 0) is 0 Å². The number of fused-ring (bicyclic) bond motifs is 11. The summed E-state index contributed by atoms with van der Waals surface area (Å²) in [5.41, 5.74) is 14.0. The smallest absolute Gasteiger partial charge is 0.145 e. The van der Waals surface area contributed by atoms with Crippen molar-refractivity contribution in [1.29, 1.82) is 0 Å². The minimum atomic E-state index is 0.858. The summed E-state index contributed by atoms with van der Waals surface area (Å²) >= 11 is 0. The number of aromatic nitrogens is 4. The van der Waals surface area contributed by atoms with Crippen LogP contribution in [0.1, 0.15) is 0 Å². The molecule has 4 aromatic heterocycles. The number of rotatable bonds is 4. The quantitative estimate of drug-likeness (QED) is 0.183. The van der Waals surface area contributed by atoms with Gasteiger partial charge in [0.05, 0.1) is 49.9 Å². The van der Waals surface area contributed by atoms with Crippen molar-refractivity contribution in [3.05, 3.63) is 182 Å². The lowest BCUT2D eigenvalue weighted by molar-refractivity contribution is 0.673. The molecule has 8 aromatic carbocycles. The van der Waals surface area contributed by atoms with Gasteiger partial charge in [0.25, 0.3) is 0 Å². The van der Waals surface area contributed by atoms with Gasteiger partial charge in [0.15, 0.2) is 0 Å². The molecular weight excluding hydrogens is 673 g/mol. The largest absolute Gasteiger partial charge is 0.455 e. The predicted octanol–water partition coefficient (Wildman–Crippen LogP) is 13.1. The molecule has 0 aliphatic rings. The Balaban J connectivity index is 1.15. The van der Waals surface area contributed by atoms with E-state index in [0.717, 1.165) is 94.2 Å². The number of hydrogen-bond donors (Lipinski definition) is 0. The number of furan rings is 1. The zero-order valence-corrected chi connectivity index (χ0v) is 29.5. The van der Waals surface area contributed by atoms with E-state index in [2.05, 4.69) is 155 Å². The Morgan fingerprint density at radius 3 is 1.71 bits per heavy atom. The van der Waals surface area contributed by atoms with Gasteiger partial charge in [0.2, 0.25) is 0 Å². The van der Waals surface area contributed by atoms with E-state index in [4.69, 9.17) is 14.4 Å². The van der Waals surface area contributed by atoms with Gasteiger partial charge in [-0.05, 0) is 72.8 Å². The van der Waals surface area contributed by atoms with Crippen LogP contribution in [0.5, 0.6) is 0 Å². The third-order valence-electron chi connectivity index (χ3n) is 11.1. The average Bonchev–Trinajstić information content (AvgIpc) is 3.90. The Kier molecular flexibility index (Phi) is 6.27. The van der Waals surface area contributed by atoms with Gasteiger partial charge in [-0.25, -0.2) is 9.97 Å². The first kappa shape index (κ1) is 30.0. The molecule has 55 heavy (non-hydrogen) atoms. The van der Waals surface area contributed by atoms with Crippen molar-refractivity contribution in [3.8, 4) is 33.9 Å². The van der Waals surface area contributed by atoms with Crippen molar-refractivity contribution < 1.29 is 4.42 Å². The normalized spacial score (nSPS) is 12.0. The minimum Gasteiger partial charge on any atom is -0.455 e. The Morgan fingerprint density at radius 1 is 0.364 bits per heavy atom. The molecule has 0 aliphatic heterocycles. The van der Waals surface area contributed by atoms with Crippen molar-refractivity contribution in [3.63, 3.8) is 0 Å². The van der Waals surface area contributed by atoms with Crippen LogP contribution in [0.3, 0.4) is 0 Å². The summed E-state index contributed by atoms with van der Waals surface area (Å²) in [6, 6.07) is 64.1. The highest BCUT2D eigenvalue weighted by Crippen LogP contribution is 2.44. The first-order valence-electron chi connectivity index (χ1n) is 18.6. The van der Waals surface area contributed by atoms with Crippen molar-refractivity contribution in [2.75, 3.05) is 0 Å². The molecular formula is C50H30N4O. The van der Waals surface area contributed by atoms with E-state index in [-0.39, 0.29) is 0 Å². The van der Waals surface area contributed by atoms with Crippen LogP contribution in [0.15, 0.2) is 186 Å². The molecule has 0 bridgehead atoms. The van der Waals surface area contributed by atoms with E-state index in [9.17, 15) is 0 Å². The maximum atomic E-state index is 6.73. The third kappa shape index (κ3) is 4.41. The van der Waals surface area contributed by atoms with Crippen LogP contribution in [0, 0.1) is 0 Å². The second-order valence-corrected chi connectivity index (χ2v) is 14.2. The Morgan fingerprint density at radius 2 is 0.945 bits per heavy atom. The SMILES string of the molecule is c1ccc(-c2nc3ccccc3nc2-c2ccc(-n3c4cc5c(cc4c4c6oc7ccccc7c6ccc43)c3ccccc3n5-c3ccccc3)cc2)cc1. The molecule has 0 aliphatic carbocycles. The molecule has 0 atom stereocenters. The van der Waals surface area contributed by atoms with Gasteiger partial charge in [0.1, 0.15) is 11.2 Å². The maximum absolute atomic E-state index is 6.73. The number of benzene rings is 8. The van der Waals surface area contributed by atoms with Gasteiger partial charge in [0, 0.05) is 49.4 Å². The molecule has 0 saturated carbocycles. The van der Waals surface area contributed by atoms with Gasteiger partial charge in [-0.2, -0.15) is 0 Å². The van der Waals surface area contributed by atoms with Gasteiger partial charge in [-0.1, -0.05) is 109 Å². The van der Waals surface area contributed by atoms with Gasteiger partial charge in [-0.3, -0.25) is 0 Å². The highest BCUT2D eigenvalue weighted by Gasteiger charge is 2.22. The lowest BCUT2D eigenvalue weighted by Gasteiger charge is -2.13. The first-order chi connectivity index (χ1) is 27.3. The van der Waals surface area contributed by atoms with Gasteiger partial charge >= 0.3 is 0 Å². The molecule has 0 saturated heterocycles. The molecule has 12 aromatic rings. The zero-order valence-electron chi connectivity index (χ0n) is 29.5. The van der Waals surface area contributed by atoms with Gasteiger partial charge < -0.3 is 13.6 Å². The topological polar surface area (TPSA) is 48.8 Å². The molecule has 5 heteroatoms. The molecule has 256 valence electrons. The van der Waals surface area contributed by atoms with Crippen LogP contribution in [0.25, 0.3) is 110 Å². The van der Waals surface area contributed by atoms with E-state index >= 15 is 0 Å². The van der Waals surface area contributed by atoms with Crippen LogP contribution >= 0.6 is 0 Å². The zero-order chi connectivity index (χ0) is 36.0. The molecule has 0 unspecified atom stereocenters. The Bertz CT molecular complexity index is 3470. The molecule has 0 spiro atoms. The van der Waals surface area contributed by atoms with Crippen molar-refractivity contribution in [2.24, 2.45) is 0 Å². The second kappa shape index (κ2) is 11.5. The molecule has 5 nitrogen and oxygen atoms in total. The van der Waals surface area contributed by atoms with Crippen LogP contribution < -0.4 is 0 Å². The molecule has 0 fully saturated rings. The summed E-state index contributed by atoms with van der Waals surface area (Å²) < 4.78 is 11.5. The van der Waals surface area contributed by atoms with Crippen LogP contribution in [-0.4, -0.2) is 19.1 Å². The van der Waals surface area contributed by atoms with E-state index in [0.29, 0.717) is 0 Å². The molecule has 0 N–H and O–H groups in total. The fourth-order valence-electron chi connectivity index (χ4n) is 8.64. The predicted molar refractivity (Wildman–Crippen MR) is 226 cm³/mol. The maximum Gasteiger partial charge on any atom is 0.145 e. The van der Waals surface area contributed by atoms with Crippen molar-refractivity contribution in [1.82, 2.24) is 19.1 Å². The van der Waals surface area contributed by atoms with E-state index in [1.807, 2.05) is 36.4 Å². The lowest BCUT2D eigenvalue weighted by atomic mass is 10.0. The number of nitrogens with zero attached hydrogens (tertiary/aromatic N) is 4.